The van der Waals surface area contributed by atoms with Crippen molar-refractivity contribution in [3.63, 3.8) is 0 Å². The Bertz CT molecular complexity index is 467. The van der Waals surface area contributed by atoms with Gasteiger partial charge < -0.3 is 0 Å². The third-order valence-corrected chi connectivity index (χ3v) is 3.50. The Morgan fingerprint density at radius 2 is 2.17 bits per heavy atom. The molecule has 0 spiro atoms. The quantitative estimate of drug-likeness (QED) is 0.895. The summed E-state index contributed by atoms with van der Waals surface area (Å²) in [6, 6.07) is 4.52. The summed E-state index contributed by atoms with van der Waals surface area (Å²) in [4.78, 5) is 10.8. The van der Waals surface area contributed by atoms with Crippen LogP contribution in [0.1, 0.15) is 36.7 Å². The van der Waals surface area contributed by atoms with E-state index < -0.39 is 0 Å². The van der Waals surface area contributed by atoms with Gasteiger partial charge in [-0.25, -0.2) is 4.98 Å². The standard InChI is InChI=1S/C13H17N5/c1-2-8-18(9-11-4-6-14-7-5-11)12(3-1)13-15-10-16-17-13/h4-7,10,12H,1-3,8-9H2,(H,15,16,17)/t12-/m0/s1. The molecule has 2 aromatic rings. The third-order valence-electron chi connectivity index (χ3n) is 3.50. The van der Waals surface area contributed by atoms with Crippen molar-refractivity contribution < 1.29 is 0 Å². The van der Waals surface area contributed by atoms with Crippen LogP contribution in [0.2, 0.25) is 0 Å². The number of nitrogens with zero attached hydrogens (tertiary/aromatic N) is 4. The van der Waals surface area contributed by atoms with Gasteiger partial charge in [0.25, 0.3) is 0 Å². The lowest BCUT2D eigenvalue weighted by molar-refractivity contribution is 0.134. The Morgan fingerprint density at radius 3 is 2.94 bits per heavy atom. The number of aromatic nitrogens is 4. The van der Waals surface area contributed by atoms with Crippen molar-refractivity contribution in [1.82, 2.24) is 25.1 Å². The lowest BCUT2D eigenvalue weighted by Gasteiger charge is -2.34. The van der Waals surface area contributed by atoms with E-state index in [2.05, 4.69) is 37.2 Å². The fourth-order valence-electron chi connectivity index (χ4n) is 2.59. The van der Waals surface area contributed by atoms with Gasteiger partial charge in [-0.2, -0.15) is 5.10 Å². The molecule has 1 fully saturated rings. The molecule has 5 nitrogen and oxygen atoms in total. The number of hydrogen-bond acceptors (Lipinski definition) is 4. The van der Waals surface area contributed by atoms with Gasteiger partial charge in [0.05, 0.1) is 6.04 Å². The fraction of sp³-hybridized carbons (Fsp3) is 0.462. The molecule has 2 aromatic heterocycles. The summed E-state index contributed by atoms with van der Waals surface area (Å²) in [5.41, 5.74) is 1.30. The molecule has 1 saturated heterocycles. The lowest BCUT2D eigenvalue weighted by Crippen LogP contribution is -2.33. The van der Waals surface area contributed by atoms with Gasteiger partial charge >= 0.3 is 0 Å². The second-order valence-electron chi connectivity index (χ2n) is 4.71. The average molecular weight is 243 g/mol. The minimum atomic E-state index is 0.370. The third kappa shape index (κ3) is 2.41. The van der Waals surface area contributed by atoms with Crippen LogP contribution in [0.5, 0.6) is 0 Å². The number of pyridine rings is 1. The van der Waals surface area contributed by atoms with Crippen LogP contribution in [0.3, 0.4) is 0 Å². The zero-order valence-electron chi connectivity index (χ0n) is 10.3. The molecule has 0 radical (unpaired) electrons. The predicted octanol–water partition coefficient (Wildman–Crippen LogP) is 1.93. The lowest BCUT2D eigenvalue weighted by atomic mass is 10.0. The largest absolute Gasteiger partial charge is 0.289 e. The van der Waals surface area contributed by atoms with Crippen LogP contribution in [0, 0.1) is 0 Å². The molecule has 1 aliphatic heterocycles. The van der Waals surface area contributed by atoms with E-state index in [0.717, 1.165) is 25.3 Å². The van der Waals surface area contributed by atoms with Crippen LogP contribution in [-0.4, -0.2) is 31.6 Å². The highest BCUT2D eigenvalue weighted by Gasteiger charge is 2.25. The highest BCUT2D eigenvalue weighted by atomic mass is 15.3. The van der Waals surface area contributed by atoms with E-state index in [1.807, 2.05) is 12.4 Å². The minimum Gasteiger partial charge on any atom is -0.289 e. The van der Waals surface area contributed by atoms with E-state index in [0.29, 0.717) is 6.04 Å². The molecular weight excluding hydrogens is 226 g/mol. The van der Waals surface area contributed by atoms with Crippen LogP contribution >= 0.6 is 0 Å². The van der Waals surface area contributed by atoms with Crippen molar-refractivity contribution in [2.75, 3.05) is 6.54 Å². The first-order valence-corrected chi connectivity index (χ1v) is 6.42. The Hall–Kier alpha value is -1.75. The number of hydrogen-bond donors (Lipinski definition) is 1. The van der Waals surface area contributed by atoms with Gasteiger partial charge in [0.1, 0.15) is 12.2 Å². The van der Waals surface area contributed by atoms with E-state index in [-0.39, 0.29) is 0 Å². The summed E-state index contributed by atoms with van der Waals surface area (Å²) < 4.78 is 0. The van der Waals surface area contributed by atoms with E-state index in [9.17, 15) is 0 Å². The van der Waals surface area contributed by atoms with Crippen LogP contribution in [0.4, 0.5) is 0 Å². The van der Waals surface area contributed by atoms with Gasteiger partial charge in [-0.1, -0.05) is 6.42 Å². The van der Waals surface area contributed by atoms with Crippen molar-refractivity contribution in [3.05, 3.63) is 42.2 Å². The Kier molecular flexibility index (Phi) is 3.32. The SMILES string of the molecule is c1cc(CN2CCCC[C@H]2c2ncn[nH]2)ccn1. The van der Waals surface area contributed by atoms with Gasteiger partial charge in [0, 0.05) is 18.9 Å². The zero-order valence-corrected chi connectivity index (χ0v) is 10.3. The maximum Gasteiger partial charge on any atom is 0.141 e. The number of aromatic amines is 1. The molecule has 0 amide bonds. The molecule has 1 atom stereocenters. The molecule has 1 N–H and O–H groups in total. The van der Waals surface area contributed by atoms with Gasteiger partial charge in [-0.3, -0.25) is 15.0 Å². The number of H-pyrrole nitrogens is 1. The highest BCUT2D eigenvalue weighted by Crippen LogP contribution is 2.29. The van der Waals surface area contributed by atoms with Crippen molar-refractivity contribution >= 4 is 0 Å². The zero-order chi connectivity index (χ0) is 12.2. The smallest absolute Gasteiger partial charge is 0.141 e. The van der Waals surface area contributed by atoms with E-state index in [1.54, 1.807) is 6.33 Å². The Labute approximate surface area is 106 Å². The van der Waals surface area contributed by atoms with E-state index >= 15 is 0 Å². The summed E-state index contributed by atoms with van der Waals surface area (Å²) in [5, 5.41) is 6.97. The molecule has 0 saturated carbocycles. The van der Waals surface area contributed by atoms with Gasteiger partial charge in [-0.05, 0) is 37.1 Å². The fourth-order valence-corrected chi connectivity index (χ4v) is 2.59. The molecule has 94 valence electrons. The van der Waals surface area contributed by atoms with Crippen molar-refractivity contribution in [2.45, 2.75) is 31.8 Å². The Morgan fingerprint density at radius 1 is 1.28 bits per heavy atom. The summed E-state index contributed by atoms with van der Waals surface area (Å²) in [5.74, 6) is 0.990. The number of piperidine rings is 1. The molecule has 3 heterocycles. The molecule has 18 heavy (non-hydrogen) atoms. The van der Waals surface area contributed by atoms with Gasteiger partial charge in [0.2, 0.25) is 0 Å². The molecule has 0 unspecified atom stereocenters. The maximum atomic E-state index is 4.31. The van der Waals surface area contributed by atoms with E-state index in [1.165, 1.54) is 18.4 Å². The second-order valence-corrected chi connectivity index (χ2v) is 4.71. The second kappa shape index (κ2) is 5.27. The molecular formula is C13H17N5. The summed E-state index contributed by atoms with van der Waals surface area (Å²) in [6.07, 6.45) is 8.97. The molecule has 0 aromatic carbocycles. The highest BCUT2D eigenvalue weighted by molar-refractivity contribution is 5.10. The van der Waals surface area contributed by atoms with Gasteiger partial charge in [0.15, 0.2) is 0 Å². The molecule has 5 heteroatoms. The number of rotatable bonds is 3. The summed E-state index contributed by atoms with van der Waals surface area (Å²) in [6.45, 7) is 2.07. The average Bonchev–Trinajstić information content (AvgIpc) is 2.94. The summed E-state index contributed by atoms with van der Waals surface area (Å²) >= 11 is 0. The first-order chi connectivity index (χ1) is 8.93. The van der Waals surface area contributed by atoms with E-state index in [4.69, 9.17) is 0 Å². The van der Waals surface area contributed by atoms with Crippen molar-refractivity contribution in [1.29, 1.82) is 0 Å². The molecule has 1 aliphatic rings. The monoisotopic (exact) mass is 243 g/mol. The topological polar surface area (TPSA) is 57.7 Å². The Balaban J connectivity index is 1.76. The summed E-state index contributed by atoms with van der Waals surface area (Å²) in [7, 11) is 0. The molecule has 0 aliphatic carbocycles. The molecule has 0 bridgehead atoms. The number of likely N-dealkylation sites (tertiary alicyclic amines) is 1. The van der Waals surface area contributed by atoms with Crippen LogP contribution in [-0.2, 0) is 6.54 Å². The minimum absolute atomic E-state index is 0.370. The normalized spacial score (nSPS) is 21.0. The van der Waals surface area contributed by atoms with Crippen LogP contribution < -0.4 is 0 Å². The first kappa shape index (κ1) is 11.3. The van der Waals surface area contributed by atoms with Crippen molar-refractivity contribution in [3.8, 4) is 0 Å². The van der Waals surface area contributed by atoms with Crippen LogP contribution in [0.25, 0.3) is 0 Å². The van der Waals surface area contributed by atoms with Gasteiger partial charge in [-0.15, -0.1) is 0 Å². The first-order valence-electron chi connectivity index (χ1n) is 6.42. The maximum absolute atomic E-state index is 4.31. The van der Waals surface area contributed by atoms with Crippen LogP contribution in [0.15, 0.2) is 30.9 Å². The van der Waals surface area contributed by atoms with Crippen molar-refractivity contribution in [2.24, 2.45) is 0 Å². The molecule has 3 rings (SSSR count). The predicted molar refractivity (Wildman–Crippen MR) is 67.6 cm³/mol. The number of nitrogens with one attached hydrogen (secondary N) is 1.